The fourth-order valence-corrected chi connectivity index (χ4v) is 7.55. The third-order valence-corrected chi connectivity index (χ3v) is 10.2. The smallest absolute Gasteiger partial charge is 0.154 e. The highest BCUT2D eigenvalue weighted by atomic mass is 16.3. The summed E-state index contributed by atoms with van der Waals surface area (Å²) in [5.41, 5.74) is 12.9. The molecule has 260 valence electrons. The molecule has 0 N–H and O–H groups in total. The Kier molecular flexibility index (Phi) is 8.19. The molecule has 4 heteroatoms. The molecule has 0 aliphatic rings. The summed E-state index contributed by atoms with van der Waals surface area (Å²) in [5, 5.41) is 4.26. The zero-order chi connectivity index (χ0) is 36.6. The molecule has 0 bridgehead atoms. The Hall–Kier alpha value is -7.30. The van der Waals surface area contributed by atoms with Gasteiger partial charge in [0.1, 0.15) is 22.3 Å². The van der Waals surface area contributed by atoms with Gasteiger partial charge in [-0.2, -0.15) is 0 Å². The standard InChI is InChI=1S/C51H34N2O2/c1-5-15-35(16-6-1)40-30-44(37-19-9-3-10-20-37)49-45(31-40)48-39(26-28-41(50(48)55-49)36-17-7-2-8-18-36)33-53-51(38-21-11-4-12-22-38)52-32-34-25-27-43-42-23-13-14-24-46(42)54-47(43)29-34/h1-31,33H,32H2. The molecule has 8 aromatic carbocycles. The van der Waals surface area contributed by atoms with E-state index in [1.165, 1.54) is 0 Å². The topological polar surface area (TPSA) is 51.0 Å². The van der Waals surface area contributed by atoms with Crippen molar-refractivity contribution in [3.63, 3.8) is 0 Å². The first-order valence-electron chi connectivity index (χ1n) is 18.5. The van der Waals surface area contributed by atoms with Crippen LogP contribution in [0.25, 0.3) is 77.3 Å². The molecule has 0 saturated heterocycles. The lowest BCUT2D eigenvalue weighted by Crippen LogP contribution is -2.00. The lowest BCUT2D eigenvalue weighted by molar-refractivity contribution is 0.668. The number of amidine groups is 1. The molecule has 0 fully saturated rings. The molecule has 55 heavy (non-hydrogen) atoms. The summed E-state index contributed by atoms with van der Waals surface area (Å²) >= 11 is 0. The average Bonchev–Trinajstić information content (AvgIpc) is 3.83. The lowest BCUT2D eigenvalue weighted by atomic mass is 9.94. The zero-order valence-corrected chi connectivity index (χ0v) is 29.9. The highest BCUT2D eigenvalue weighted by Gasteiger charge is 2.20. The maximum atomic E-state index is 7.01. The first-order valence-corrected chi connectivity index (χ1v) is 18.5. The molecule has 0 unspecified atom stereocenters. The van der Waals surface area contributed by atoms with Gasteiger partial charge < -0.3 is 8.83 Å². The van der Waals surface area contributed by atoms with E-state index >= 15 is 0 Å². The summed E-state index contributed by atoms with van der Waals surface area (Å²) in [6.07, 6.45) is 1.94. The molecular weight excluding hydrogens is 673 g/mol. The van der Waals surface area contributed by atoms with Gasteiger partial charge in [-0.05, 0) is 58.1 Å². The number of hydrogen-bond donors (Lipinski definition) is 0. The van der Waals surface area contributed by atoms with Crippen molar-refractivity contribution >= 4 is 55.9 Å². The summed E-state index contributed by atoms with van der Waals surface area (Å²) in [6, 6.07) is 64.9. The lowest BCUT2D eigenvalue weighted by Gasteiger charge is -2.08. The number of rotatable bonds is 7. The Labute approximate surface area is 318 Å². The second-order valence-corrected chi connectivity index (χ2v) is 13.7. The van der Waals surface area contributed by atoms with Gasteiger partial charge in [0.25, 0.3) is 0 Å². The van der Waals surface area contributed by atoms with Gasteiger partial charge in [0.05, 0.1) is 6.54 Å². The van der Waals surface area contributed by atoms with Crippen LogP contribution < -0.4 is 0 Å². The molecular formula is C51H34N2O2. The summed E-state index contributed by atoms with van der Waals surface area (Å²) in [6.45, 7) is 0.451. The third kappa shape index (κ3) is 6.10. The maximum Gasteiger partial charge on any atom is 0.154 e. The number of para-hydroxylation sites is 1. The Morgan fingerprint density at radius 2 is 1.09 bits per heavy atom. The van der Waals surface area contributed by atoms with E-state index < -0.39 is 0 Å². The van der Waals surface area contributed by atoms with Crippen molar-refractivity contribution in [3.05, 3.63) is 205 Å². The number of fused-ring (bicyclic) bond motifs is 6. The van der Waals surface area contributed by atoms with Gasteiger partial charge in [-0.1, -0.05) is 158 Å². The van der Waals surface area contributed by atoms with E-state index in [-0.39, 0.29) is 0 Å². The van der Waals surface area contributed by atoms with Gasteiger partial charge in [-0.3, -0.25) is 4.99 Å². The van der Waals surface area contributed by atoms with Crippen molar-refractivity contribution in [2.45, 2.75) is 6.54 Å². The quantitative estimate of drug-likeness (QED) is 0.122. The van der Waals surface area contributed by atoms with E-state index in [0.29, 0.717) is 12.4 Å². The molecule has 2 heterocycles. The van der Waals surface area contributed by atoms with E-state index in [0.717, 1.165) is 93.9 Å². The first kappa shape index (κ1) is 32.4. The normalized spacial score (nSPS) is 12.1. The number of nitrogens with zero attached hydrogens (tertiary/aromatic N) is 2. The van der Waals surface area contributed by atoms with Crippen LogP contribution in [-0.4, -0.2) is 12.1 Å². The summed E-state index contributed by atoms with van der Waals surface area (Å²) in [4.78, 5) is 10.2. The highest BCUT2D eigenvalue weighted by molar-refractivity contribution is 6.20. The molecule has 10 aromatic rings. The Morgan fingerprint density at radius 3 is 1.84 bits per heavy atom. The number of hydrogen-bond acceptors (Lipinski definition) is 3. The molecule has 10 rings (SSSR count). The van der Waals surface area contributed by atoms with Crippen molar-refractivity contribution in [1.29, 1.82) is 0 Å². The van der Waals surface area contributed by atoms with Crippen LogP contribution in [0.5, 0.6) is 0 Å². The molecule has 4 nitrogen and oxygen atoms in total. The fraction of sp³-hybridized carbons (Fsp3) is 0.0196. The summed E-state index contributed by atoms with van der Waals surface area (Å²) in [5.74, 6) is 0.647. The first-order chi connectivity index (χ1) is 27.3. The molecule has 0 saturated carbocycles. The van der Waals surface area contributed by atoms with E-state index in [9.17, 15) is 0 Å². The van der Waals surface area contributed by atoms with Crippen LogP contribution in [0.3, 0.4) is 0 Å². The minimum atomic E-state index is 0.451. The van der Waals surface area contributed by atoms with Gasteiger partial charge in [0.2, 0.25) is 0 Å². The molecule has 0 atom stereocenters. The molecule has 0 spiro atoms. The van der Waals surface area contributed by atoms with Crippen molar-refractivity contribution < 1.29 is 8.83 Å². The van der Waals surface area contributed by atoms with Crippen LogP contribution in [0, 0.1) is 0 Å². The van der Waals surface area contributed by atoms with Crippen LogP contribution in [0.1, 0.15) is 16.7 Å². The Balaban J connectivity index is 1.15. The van der Waals surface area contributed by atoms with E-state index in [1.54, 1.807) is 0 Å². The molecule has 0 aliphatic carbocycles. The molecule has 2 aromatic heterocycles. The summed E-state index contributed by atoms with van der Waals surface area (Å²) in [7, 11) is 0. The van der Waals surface area contributed by atoms with E-state index in [2.05, 4.69) is 140 Å². The largest absolute Gasteiger partial charge is 0.456 e. The zero-order valence-electron chi connectivity index (χ0n) is 29.9. The van der Waals surface area contributed by atoms with Gasteiger partial charge in [-0.25, -0.2) is 4.99 Å². The van der Waals surface area contributed by atoms with Crippen molar-refractivity contribution in [1.82, 2.24) is 0 Å². The van der Waals surface area contributed by atoms with Crippen LogP contribution >= 0.6 is 0 Å². The number of furan rings is 2. The molecule has 0 aliphatic heterocycles. The van der Waals surface area contributed by atoms with Crippen molar-refractivity contribution in [2.24, 2.45) is 9.98 Å². The Morgan fingerprint density at radius 1 is 0.455 bits per heavy atom. The van der Waals surface area contributed by atoms with Crippen LogP contribution in [0.15, 0.2) is 207 Å². The van der Waals surface area contributed by atoms with E-state index in [1.807, 2.05) is 54.7 Å². The average molecular weight is 707 g/mol. The monoisotopic (exact) mass is 706 g/mol. The number of aliphatic imine (C=N–C) groups is 2. The van der Waals surface area contributed by atoms with Gasteiger partial charge >= 0.3 is 0 Å². The van der Waals surface area contributed by atoms with Gasteiger partial charge in [0, 0.05) is 50.0 Å². The highest BCUT2D eigenvalue weighted by Crippen LogP contribution is 2.43. The predicted molar refractivity (Wildman–Crippen MR) is 228 cm³/mol. The van der Waals surface area contributed by atoms with E-state index in [4.69, 9.17) is 18.8 Å². The van der Waals surface area contributed by atoms with Crippen LogP contribution in [0.2, 0.25) is 0 Å². The maximum absolute atomic E-state index is 7.01. The SMILES string of the molecule is C(=NC(=NCc1ccc2c(c1)oc1ccccc12)c1ccccc1)c1ccc(-c2ccccc2)c2oc3c(-c4ccccc4)cc(-c4ccccc4)cc3c12. The summed E-state index contributed by atoms with van der Waals surface area (Å²) < 4.78 is 13.2. The van der Waals surface area contributed by atoms with Crippen LogP contribution in [0.4, 0.5) is 0 Å². The second-order valence-electron chi connectivity index (χ2n) is 13.7. The van der Waals surface area contributed by atoms with Gasteiger partial charge in [0.15, 0.2) is 5.84 Å². The third-order valence-electron chi connectivity index (χ3n) is 10.2. The second kappa shape index (κ2) is 13.9. The Bertz CT molecular complexity index is 3030. The van der Waals surface area contributed by atoms with Crippen molar-refractivity contribution in [3.8, 4) is 33.4 Å². The molecule has 0 radical (unpaired) electrons. The fourth-order valence-electron chi connectivity index (χ4n) is 7.55. The predicted octanol–water partition coefficient (Wildman–Crippen LogP) is 13.6. The number of benzene rings is 8. The van der Waals surface area contributed by atoms with Gasteiger partial charge in [-0.15, -0.1) is 0 Å². The minimum absolute atomic E-state index is 0.451. The minimum Gasteiger partial charge on any atom is -0.456 e. The van der Waals surface area contributed by atoms with Crippen LogP contribution in [-0.2, 0) is 6.54 Å². The van der Waals surface area contributed by atoms with Crippen molar-refractivity contribution in [2.75, 3.05) is 0 Å². The molecule has 0 amide bonds.